The first-order valence-electron chi connectivity index (χ1n) is 6.52. The van der Waals surface area contributed by atoms with Crippen molar-refractivity contribution < 1.29 is 4.79 Å². The molecule has 3 rings (SSSR count). The van der Waals surface area contributed by atoms with E-state index in [4.69, 9.17) is 0 Å². The molecule has 2 unspecified atom stereocenters. The normalized spacial score (nSPS) is 26.3. The minimum atomic E-state index is -0.00361. The summed E-state index contributed by atoms with van der Waals surface area (Å²) in [5.41, 5.74) is 2.10. The van der Waals surface area contributed by atoms with Crippen molar-refractivity contribution in [1.29, 1.82) is 0 Å². The van der Waals surface area contributed by atoms with Gasteiger partial charge in [0.1, 0.15) is 0 Å². The van der Waals surface area contributed by atoms with Crippen molar-refractivity contribution in [3.05, 3.63) is 59.8 Å². The van der Waals surface area contributed by atoms with Crippen molar-refractivity contribution in [2.45, 2.75) is 31.8 Å². The Labute approximate surface area is 108 Å². The monoisotopic (exact) mass is 239 g/mol. The highest BCUT2D eigenvalue weighted by molar-refractivity contribution is 6.02. The number of Topliss-reactive ketones (excluding diaryl/α,β-unsaturated/α-hetero) is 1. The van der Waals surface area contributed by atoms with E-state index < -0.39 is 0 Å². The molecule has 0 spiro atoms. The minimum Gasteiger partial charge on any atom is -0.361 e. The molecular formula is C16H17NO. The maximum atomic E-state index is 12.6. The van der Waals surface area contributed by atoms with Gasteiger partial charge in [-0.25, -0.2) is 0 Å². The van der Waals surface area contributed by atoms with Crippen LogP contribution in [0.4, 0.5) is 0 Å². The third-order valence-corrected chi connectivity index (χ3v) is 3.86. The van der Waals surface area contributed by atoms with E-state index in [1.807, 2.05) is 36.6 Å². The predicted octanol–water partition coefficient (Wildman–Crippen LogP) is 2.96. The van der Waals surface area contributed by atoms with Crippen LogP contribution in [0.25, 0.3) is 0 Å². The van der Waals surface area contributed by atoms with Crippen LogP contribution in [0.3, 0.4) is 0 Å². The minimum absolute atomic E-state index is 0.00361. The van der Waals surface area contributed by atoms with Crippen molar-refractivity contribution >= 4 is 5.78 Å². The van der Waals surface area contributed by atoms with Gasteiger partial charge in [-0.15, -0.1) is 0 Å². The van der Waals surface area contributed by atoms with Crippen LogP contribution in [0.5, 0.6) is 0 Å². The molecule has 0 fully saturated rings. The number of hydrogen-bond acceptors (Lipinski definition) is 2. The summed E-state index contributed by atoms with van der Waals surface area (Å²) in [6, 6.07) is 8.29. The molecule has 1 aromatic carbocycles. The summed E-state index contributed by atoms with van der Waals surface area (Å²) in [4.78, 5) is 14.7. The molecule has 2 aliphatic rings. The van der Waals surface area contributed by atoms with E-state index in [9.17, 15) is 4.79 Å². The molecule has 0 amide bonds. The number of carbonyl (C=O) groups is 1. The van der Waals surface area contributed by atoms with Gasteiger partial charge in [-0.2, -0.15) is 0 Å². The number of ketones is 1. The van der Waals surface area contributed by atoms with Crippen LogP contribution in [-0.4, -0.2) is 22.8 Å². The highest BCUT2D eigenvalue weighted by Crippen LogP contribution is 2.27. The Morgan fingerprint density at radius 1 is 1.22 bits per heavy atom. The van der Waals surface area contributed by atoms with Crippen molar-refractivity contribution in [1.82, 2.24) is 4.90 Å². The van der Waals surface area contributed by atoms with Gasteiger partial charge in [0, 0.05) is 17.8 Å². The number of rotatable bonds is 1. The van der Waals surface area contributed by atoms with Gasteiger partial charge in [0.25, 0.3) is 0 Å². The highest BCUT2D eigenvalue weighted by Gasteiger charge is 2.32. The summed E-state index contributed by atoms with van der Waals surface area (Å²) in [7, 11) is 0. The largest absolute Gasteiger partial charge is 0.361 e. The van der Waals surface area contributed by atoms with E-state index in [0.717, 1.165) is 18.4 Å². The number of nitrogens with zero attached hydrogens (tertiary/aromatic N) is 1. The van der Waals surface area contributed by atoms with E-state index in [1.165, 1.54) is 5.56 Å². The second-order valence-electron chi connectivity index (χ2n) is 4.99. The van der Waals surface area contributed by atoms with Crippen LogP contribution < -0.4 is 0 Å². The summed E-state index contributed by atoms with van der Waals surface area (Å²) in [6.45, 7) is 2.13. The fourth-order valence-corrected chi connectivity index (χ4v) is 2.86. The first-order valence-corrected chi connectivity index (χ1v) is 6.52. The summed E-state index contributed by atoms with van der Waals surface area (Å²) in [6.07, 6.45) is 10.1. The second-order valence-corrected chi connectivity index (χ2v) is 4.99. The van der Waals surface area contributed by atoms with Crippen LogP contribution in [0.2, 0.25) is 0 Å². The molecule has 92 valence electrons. The molecule has 0 radical (unpaired) electrons. The third-order valence-electron chi connectivity index (χ3n) is 3.86. The van der Waals surface area contributed by atoms with Gasteiger partial charge in [0.15, 0.2) is 5.78 Å². The van der Waals surface area contributed by atoms with Gasteiger partial charge in [-0.1, -0.05) is 36.4 Å². The average molecular weight is 239 g/mol. The van der Waals surface area contributed by atoms with Crippen molar-refractivity contribution in [2.75, 3.05) is 0 Å². The maximum absolute atomic E-state index is 12.6. The van der Waals surface area contributed by atoms with Crippen LogP contribution in [0.1, 0.15) is 29.3 Å². The van der Waals surface area contributed by atoms with Gasteiger partial charge in [-0.3, -0.25) is 4.79 Å². The smallest absolute Gasteiger partial charge is 0.185 e. The van der Waals surface area contributed by atoms with E-state index >= 15 is 0 Å². The van der Waals surface area contributed by atoms with Gasteiger partial charge < -0.3 is 4.90 Å². The number of benzene rings is 1. The van der Waals surface area contributed by atoms with Gasteiger partial charge >= 0.3 is 0 Å². The number of aryl methyl sites for hydroxylation is 1. The Bertz CT molecular complexity index is 530. The zero-order chi connectivity index (χ0) is 12.5. The lowest BCUT2D eigenvalue weighted by Gasteiger charge is -2.37. The lowest BCUT2D eigenvalue weighted by atomic mass is 9.86. The first kappa shape index (κ1) is 11.3. The van der Waals surface area contributed by atoms with Crippen molar-refractivity contribution in [3.63, 3.8) is 0 Å². The van der Waals surface area contributed by atoms with Crippen LogP contribution >= 0.6 is 0 Å². The van der Waals surface area contributed by atoms with Gasteiger partial charge in [-0.05, 0) is 31.4 Å². The zero-order valence-electron chi connectivity index (χ0n) is 10.5. The van der Waals surface area contributed by atoms with Crippen LogP contribution in [0, 0.1) is 0 Å². The molecule has 1 aliphatic heterocycles. The SMILES string of the molecule is CC1C=CC=CN1C1CCc2ccccc2C1=O. The highest BCUT2D eigenvalue weighted by atomic mass is 16.1. The van der Waals surface area contributed by atoms with E-state index in [2.05, 4.69) is 24.0 Å². The Balaban J connectivity index is 1.91. The lowest BCUT2D eigenvalue weighted by molar-refractivity contribution is 0.0828. The summed E-state index contributed by atoms with van der Waals surface area (Å²) < 4.78 is 0. The fraction of sp³-hybridized carbons (Fsp3) is 0.312. The number of hydrogen-bond donors (Lipinski definition) is 0. The standard InChI is InChI=1S/C16H17NO/c1-12-6-4-5-11-17(12)15-10-9-13-7-2-3-8-14(13)16(15)18/h2-8,11-12,15H,9-10H2,1H3. The van der Waals surface area contributed by atoms with Crippen molar-refractivity contribution in [2.24, 2.45) is 0 Å². The Hall–Kier alpha value is -1.83. The Morgan fingerprint density at radius 3 is 2.89 bits per heavy atom. The lowest BCUT2D eigenvalue weighted by Crippen LogP contribution is -2.45. The second kappa shape index (κ2) is 4.45. The summed E-state index contributed by atoms with van der Waals surface area (Å²) in [5, 5.41) is 0. The average Bonchev–Trinajstić information content (AvgIpc) is 2.41. The quantitative estimate of drug-likeness (QED) is 0.751. The van der Waals surface area contributed by atoms with Crippen LogP contribution in [-0.2, 0) is 6.42 Å². The first-order chi connectivity index (χ1) is 8.77. The van der Waals surface area contributed by atoms with E-state index in [0.29, 0.717) is 6.04 Å². The molecular weight excluding hydrogens is 222 g/mol. The molecule has 0 N–H and O–H groups in total. The molecule has 1 aromatic rings. The summed E-state index contributed by atoms with van der Waals surface area (Å²) in [5.74, 6) is 0.267. The van der Waals surface area contributed by atoms with Crippen LogP contribution in [0.15, 0.2) is 48.7 Å². The van der Waals surface area contributed by atoms with Gasteiger partial charge in [0.05, 0.1) is 6.04 Å². The molecule has 2 nitrogen and oxygen atoms in total. The molecule has 0 bridgehead atoms. The molecule has 1 aliphatic carbocycles. The molecule has 0 saturated heterocycles. The predicted molar refractivity (Wildman–Crippen MR) is 72.5 cm³/mol. The zero-order valence-corrected chi connectivity index (χ0v) is 10.5. The molecule has 1 heterocycles. The van der Waals surface area contributed by atoms with E-state index in [1.54, 1.807) is 0 Å². The maximum Gasteiger partial charge on any atom is 0.185 e. The molecule has 0 aromatic heterocycles. The van der Waals surface area contributed by atoms with Crippen molar-refractivity contribution in [3.8, 4) is 0 Å². The van der Waals surface area contributed by atoms with Gasteiger partial charge in [0.2, 0.25) is 0 Å². The number of allylic oxidation sites excluding steroid dienone is 2. The molecule has 0 saturated carbocycles. The third kappa shape index (κ3) is 1.78. The Kier molecular flexibility index (Phi) is 2.78. The Morgan fingerprint density at radius 2 is 2.06 bits per heavy atom. The number of carbonyl (C=O) groups excluding carboxylic acids is 1. The topological polar surface area (TPSA) is 20.3 Å². The van der Waals surface area contributed by atoms with E-state index in [-0.39, 0.29) is 11.8 Å². The number of fused-ring (bicyclic) bond motifs is 1. The fourth-order valence-electron chi connectivity index (χ4n) is 2.86. The molecule has 2 heteroatoms. The summed E-state index contributed by atoms with van der Waals surface area (Å²) >= 11 is 0. The molecule has 2 atom stereocenters. The molecule has 18 heavy (non-hydrogen) atoms.